The number of fused-ring (bicyclic) bond motifs is 2. The quantitative estimate of drug-likeness (QED) is 0.800. The largest absolute Gasteiger partial charge is 0.389 e. The number of hydrogen-bond acceptors (Lipinski definition) is 5. The van der Waals surface area contributed by atoms with Crippen LogP contribution in [-0.2, 0) is 20.9 Å². The summed E-state index contributed by atoms with van der Waals surface area (Å²) in [4.78, 5) is 27.9. The van der Waals surface area contributed by atoms with E-state index >= 15 is 0 Å². The van der Waals surface area contributed by atoms with Crippen LogP contribution in [-0.4, -0.2) is 41.1 Å². The van der Waals surface area contributed by atoms with Gasteiger partial charge in [-0.25, -0.2) is 0 Å². The zero-order chi connectivity index (χ0) is 17.5. The van der Waals surface area contributed by atoms with Crippen LogP contribution in [0, 0.1) is 16.7 Å². The first kappa shape index (κ1) is 17.6. The topological polar surface area (TPSA) is 66.8 Å². The van der Waals surface area contributed by atoms with Crippen LogP contribution in [0.15, 0.2) is 17.5 Å². The fourth-order valence-electron chi connectivity index (χ4n) is 4.03. The second kappa shape index (κ2) is 6.24. The molecule has 0 spiro atoms. The minimum Gasteiger partial charge on any atom is -0.389 e. The van der Waals surface area contributed by atoms with Crippen LogP contribution >= 0.6 is 11.3 Å². The van der Waals surface area contributed by atoms with Crippen LogP contribution in [0.4, 0.5) is 0 Å². The highest BCUT2D eigenvalue weighted by atomic mass is 32.1. The molecule has 1 aliphatic heterocycles. The van der Waals surface area contributed by atoms with Gasteiger partial charge in [-0.3, -0.25) is 14.5 Å². The number of hydrogen-bond donors (Lipinski definition) is 1. The molecule has 2 aliphatic rings. The number of ether oxygens (including phenoxy) is 1. The summed E-state index contributed by atoms with van der Waals surface area (Å²) in [6.45, 7) is 6.54. The number of nitrogens with zero attached hydrogens (tertiary/aromatic N) is 1. The maximum atomic E-state index is 12.9. The lowest BCUT2D eigenvalue weighted by molar-refractivity contribution is -0.170. The second-order valence-electron chi connectivity index (χ2n) is 7.65. The van der Waals surface area contributed by atoms with E-state index < -0.39 is 11.5 Å². The number of thiophene rings is 1. The molecule has 3 rings (SSSR count). The van der Waals surface area contributed by atoms with Crippen molar-refractivity contribution in [3.8, 4) is 0 Å². The molecule has 2 heterocycles. The molecule has 6 heteroatoms. The van der Waals surface area contributed by atoms with Gasteiger partial charge in [0.1, 0.15) is 0 Å². The molecular weight excluding hydrogens is 326 g/mol. The van der Waals surface area contributed by atoms with E-state index in [1.165, 1.54) is 4.90 Å². The summed E-state index contributed by atoms with van der Waals surface area (Å²) < 4.78 is 5.50. The molecule has 1 aliphatic carbocycles. The molecule has 1 saturated heterocycles. The van der Waals surface area contributed by atoms with Gasteiger partial charge in [0.2, 0.25) is 11.8 Å². The lowest BCUT2D eigenvalue weighted by atomic mass is 9.62. The highest BCUT2D eigenvalue weighted by Gasteiger charge is 2.64. The normalized spacial score (nSPS) is 30.0. The standard InChI is InChI=1S/C18H25NO4S/c1-17(2)14-6-7-18(17,3)16(22)19(15(14)21)9-12(20)10-23-11-13-5-4-8-24-13/h4-5,8,12,14,20H,6-7,9-11H2,1-3H3/t12-,14+,18-/m1/s1. The molecule has 1 saturated carbocycles. The van der Waals surface area contributed by atoms with Gasteiger partial charge in [-0.2, -0.15) is 0 Å². The number of aliphatic hydroxyl groups excluding tert-OH is 1. The lowest BCUT2D eigenvalue weighted by Crippen LogP contribution is -2.60. The molecule has 0 aromatic carbocycles. The highest BCUT2D eigenvalue weighted by Crippen LogP contribution is 2.59. The predicted molar refractivity (Wildman–Crippen MR) is 91.3 cm³/mol. The average molecular weight is 351 g/mol. The smallest absolute Gasteiger partial charge is 0.235 e. The summed E-state index contributed by atoms with van der Waals surface area (Å²) in [5.41, 5.74) is -0.846. The van der Waals surface area contributed by atoms with E-state index in [1.807, 2.05) is 38.3 Å². The summed E-state index contributed by atoms with van der Waals surface area (Å²) in [5.74, 6) is -0.430. The Morgan fingerprint density at radius 3 is 2.83 bits per heavy atom. The molecule has 1 N–H and O–H groups in total. The van der Waals surface area contributed by atoms with Crippen LogP contribution in [0.3, 0.4) is 0 Å². The number of likely N-dealkylation sites (tertiary alicyclic amines) is 1. The summed E-state index contributed by atoms with van der Waals surface area (Å²) in [5, 5.41) is 12.2. The molecule has 2 amide bonds. The highest BCUT2D eigenvalue weighted by molar-refractivity contribution is 7.09. The zero-order valence-electron chi connectivity index (χ0n) is 14.4. The third kappa shape index (κ3) is 2.70. The summed E-state index contributed by atoms with van der Waals surface area (Å²) in [6.07, 6.45) is 0.619. The lowest BCUT2D eigenvalue weighted by Gasteiger charge is -2.48. The molecule has 2 bridgehead atoms. The van der Waals surface area contributed by atoms with Gasteiger partial charge < -0.3 is 9.84 Å². The number of carbonyl (C=O) groups excluding carboxylic acids is 2. The fraction of sp³-hybridized carbons (Fsp3) is 0.667. The van der Waals surface area contributed by atoms with Crippen molar-refractivity contribution < 1.29 is 19.4 Å². The van der Waals surface area contributed by atoms with E-state index in [1.54, 1.807) is 11.3 Å². The third-order valence-electron chi connectivity index (χ3n) is 6.04. The Kier molecular flexibility index (Phi) is 4.57. The molecule has 1 aromatic rings. The van der Waals surface area contributed by atoms with Crippen molar-refractivity contribution in [2.45, 2.75) is 46.3 Å². The van der Waals surface area contributed by atoms with Gasteiger partial charge in [0.25, 0.3) is 0 Å². The molecule has 3 atom stereocenters. The van der Waals surface area contributed by atoms with E-state index in [-0.39, 0.29) is 36.3 Å². The van der Waals surface area contributed by atoms with Crippen LogP contribution in [0.25, 0.3) is 0 Å². The van der Waals surface area contributed by atoms with Crippen molar-refractivity contribution in [3.05, 3.63) is 22.4 Å². The molecule has 0 radical (unpaired) electrons. The predicted octanol–water partition coefficient (Wildman–Crippen LogP) is 2.44. The Hall–Kier alpha value is -1.24. The Morgan fingerprint density at radius 1 is 1.42 bits per heavy atom. The molecule has 0 unspecified atom stereocenters. The van der Waals surface area contributed by atoms with E-state index in [9.17, 15) is 14.7 Å². The molecule has 1 aromatic heterocycles. The van der Waals surface area contributed by atoms with Crippen molar-refractivity contribution in [3.63, 3.8) is 0 Å². The van der Waals surface area contributed by atoms with Gasteiger partial charge >= 0.3 is 0 Å². The number of carbonyl (C=O) groups is 2. The fourth-order valence-corrected chi connectivity index (χ4v) is 4.67. The van der Waals surface area contributed by atoms with Crippen molar-refractivity contribution in [2.75, 3.05) is 13.2 Å². The first-order chi connectivity index (χ1) is 11.3. The maximum absolute atomic E-state index is 12.9. The minimum absolute atomic E-state index is 0.0181. The van der Waals surface area contributed by atoms with Gasteiger partial charge in [0.15, 0.2) is 0 Å². The summed E-state index contributed by atoms with van der Waals surface area (Å²) in [6, 6.07) is 3.92. The van der Waals surface area contributed by atoms with E-state index in [2.05, 4.69) is 0 Å². The Labute approximate surface area is 146 Å². The third-order valence-corrected chi connectivity index (χ3v) is 6.89. The number of β-amino-alcohol motifs (C(OH)–C–C–N with tert-alkyl or cyclic N) is 1. The van der Waals surface area contributed by atoms with E-state index in [0.29, 0.717) is 6.61 Å². The van der Waals surface area contributed by atoms with Crippen molar-refractivity contribution in [2.24, 2.45) is 16.7 Å². The minimum atomic E-state index is -0.859. The molecule has 5 nitrogen and oxygen atoms in total. The van der Waals surface area contributed by atoms with Gasteiger partial charge in [-0.05, 0) is 29.7 Å². The van der Waals surface area contributed by atoms with Gasteiger partial charge in [-0.1, -0.05) is 26.8 Å². The number of aliphatic hydroxyl groups is 1. The van der Waals surface area contributed by atoms with E-state index in [4.69, 9.17) is 4.74 Å². The summed E-state index contributed by atoms with van der Waals surface area (Å²) in [7, 11) is 0. The van der Waals surface area contributed by atoms with Gasteiger partial charge in [-0.15, -0.1) is 11.3 Å². The van der Waals surface area contributed by atoms with Crippen LogP contribution in [0.5, 0.6) is 0 Å². The number of rotatable bonds is 6. The molecule has 2 fully saturated rings. The first-order valence-corrected chi connectivity index (χ1v) is 9.29. The molecular formula is C18H25NO4S. The first-order valence-electron chi connectivity index (χ1n) is 8.41. The number of imide groups is 1. The van der Waals surface area contributed by atoms with E-state index in [0.717, 1.165) is 17.7 Å². The zero-order valence-corrected chi connectivity index (χ0v) is 15.3. The Bertz CT molecular complexity index is 627. The van der Waals surface area contributed by atoms with Crippen LogP contribution in [0.1, 0.15) is 38.5 Å². The Morgan fingerprint density at radius 2 is 2.17 bits per heavy atom. The van der Waals surface area contributed by atoms with Crippen molar-refractivity contribution >= 4 is 23.2 Å². The van der Waals surface area contributed by atoms with Gasteiger partial charge in [0, 0.05) is 10.8 Å². The van der Waals surface area contributed by atoms with Crippen molar-refractivity contribution in [1.82, 2.24) is 4.90 Å². The van der Waals surface area contributed by atoms with Crippen molar-refractivity contribution in [1.29, 1.82) is 0 Å². The van der Waals surface area contributed by atoms with Gasteiger partial charge in [0.05, 0.1) is 31.3 Å². The summed E-state index contributed by atoms with van der Waals surface area (Å²) >= 11 is 1.59. The average Bonchev–Trinajstić information content (AvgIpc) is 3.09. The molecule has 132 valence electrons. The second-order valence-corrected chi connectivity index (χ2v) is 8.68. The SMILES string of the molecule is CC1(C)[C@H]2CC[C@]1(C)C(=O)N(C[C@@H](O)COCc1cccs1)C2=O. The Balaban J connectivity index is 1.60. The van der Waals surface area contributed by atoms with Crippen LogP contribution < -0.4 is 0 Å². The monoisotopic (exact) mass is 351 g/mol. The molecule has 24 heavy (non-hydrogen) atoms. The van der Waals surface area contributed by atoms with Crippen LogP contribution in [0.2, 0.25) is 0 Å². The number of amides is 2. The maximum Gasteiger partial charge on any atom is 0.235 e. The number of piperidine rings is 1.